The average Bonchev–Trinajstić information content (AvgIpc) is 3.02. The van der Waals surface area contributed by atoms with Crippen molar-refractivity contribution in [3.8, 4) is 11.5 Å². The fraction of sp³-hybridized carbons (Fsp3) is 0.316. The van der Waals surface area contributed by atoms with Gasteiger partial charge < -0.3 is 14.4 Å². The Bertz CT molecular complexity index is 749. The molecule has 0 saturated carbocycles. The van der Waals surface area contributed by atoms with E-state index in [0.29, 0.717) is 23.8 Å². The zero-order valence-corrected chi connectivity index (χ0v) is 16.2. The van der Waals surface area contributed by atoms with E-state index in [0.717, 1.165) is 11.1 Å². The molecule has 1 aliphatic heterocycles. The van der Waals surface area contributed by atoms with Crippen LogP contribution in [0.25, 0.3) is 0 Å². The maximum Gasteiger partial charge on any atom is 0.234 e. The van der Waals surface area contributed by atoms with Gasteiger partial charge in [-0.2, -0.15) is 0 Å². The van der Waals surface area contributed by atoms with E-state index < -0.39 is 0 Å². The summed E-state index contributed by atoms with van der Waals surface area (Å²) in [7, 11) is 3.25. The summed E-state index contributed by atoms with van der Waals surface area (Å²) < 4.78 is 10.9. The zero-order chi connectivity index (χ0) is 17.8. The third kappa shape index (κ3) is 3.75. The van der Waals surface area contributed by atoms with Gasteiger partial charge in [0.15, 0.2) is 11.5 Å². The van der Waals surface area contributed by atoms with Crippen LogP contribution in [-0.4, -0.2) is 37.0 Å². The van der Waals surface area contributed by atoms with Gasteiger partial charge in [-0.25, -0.2) is 0 Å². The van der Waals surface area contributed by atoms with Gasteiger partial charge in [-0.3, -0.25) is 4.79 Å². The van der Waals surface area contributed by atoms with Crippen LogP contribution in [0.1, 0.15) is 16.5 Å². The van der Waals surface area contributed by atoms with Crippen LogP contribution in [0, 0.1) is 0 Å². The number of hydrogen-bond donors (Lipinski definition) is 0. The van der Waals surface area contributed by atoms with Crippen LogP contribution in [-0.2, 0) is 11.3 Å². The fourth-order valence-electron chi connectivity index (χ4n) is 2.93. The number of thioether (sulfide) groups is 2. The van der Waals surface area contributed by atoms with E-state index in [2.05, 4.69) is 30.5 Å². The average molecular weight is 376 g/mol. The van der Waals surface area contributed by atoms with Gasteiger partial charge in [0.1, 0.15) is 5.37 Å². The first-order valence-corrected chi connectivity index (χ1v) is 10.2. The van der Waals surface area contributed by atoms with Crippen LogP contribution in [0.4, 0.5) is 0 Å². The minimum Gasteiger partial charge on any atom is -0.493 e. The molecule has 3 rings (SSSR count). The van der Waals surface area contributed by atoms with E-state index in [1.807, 2.05) is 23.1 Å². The van der Waals surface area contributed by atoms with Gasteiger partial charge >= 0.3 is 0 Å². The van der Waals surface area contributed by atoms with Gasteiger partial charge in [0, 0.05) is 10.5 Å². The van der Waals surface area contributed by atoms with Crippen molar-refractivity contribution in [1.82, 2.24) is 4.90 Å². The maximum atomic E-state index is 12.5. The van der Waals surface area contributed by atoms with Crippen LogP contribution >= 0.6 is 23.5 Å². The smallest absolute Gasteiger partial charge is 0.234 e. The lowest BCUT2D eigenvalue weighted by Crippen LogP contribution is -2.27. The zero-order valence-electron chi connectivity index (χ0n) is 14.5. The summed E-state index contributed by atoms with van der Waals surface area (Å²) in [6, 6.07) is 14.2. The normalized spacial score (nSPS) is 17.0. The van der Waals surface area contributed by atoms with Crippen molar-refractivity contribution in [3.05, 3.63) is 53.6 Å². The highest BCUT2D eigenvalue weighted by molar-refractivity contribution is 8.00. The highest BCUT2D eigenvalue weighted by Crippen LogP contribution is 2.41. The number of hydrogen-bond acceptors (Lipinski definition) is 5. The SMILES string of the molecule is COc1cccc(CN2C(=O)CSC2c2ccc(SC)cc2)c1OC. The van der Waals surface area contributed by atoms with E-state index in [1.165, 1.54) is 4.90 Å². The highest BCUT2D eigenvalue weighted by atomic mass is 32.2. The van der Waals surface area contributed by atoms with Gasteiger partial charge in [-0.05, 0) is 30.0 Å². The summed E-state index contributed by atoms with van der Waals surface area (Å²) in [6.07, 6.45) is 2.06. The summed E-state index contributed by atoms with van der Waals surface area (Å²) >= 11 is 3.38. The van der Waals surface area contributed by atoms with Crippen LogP contribution in [0.5, 0.6) is 11.5 Å². The standard InChI is InChI=1S/C19H21NO3S2/c1-22-16-6-4-5-14(18(16)23-2)11-20-17(21)12-25-19(20)13-7-9-15(24-3)10-8-13/h4-10,19H,11-12H2,1-3H3. The van der Waals surface area contributed by atoms with Crippen molar-refractivity contribution in [3.63, 3.8) is 0 Å². The molecule has 1 amide bonds. The van der Waals surface area contributed by atoms with Crippen LogP contribution in [0.3, 0.4) is 0 Å². The Morgan fingerprint density at radius 1 is 1.16 bits per heavy atom. The molecule has 1 fully saturated rings. The Balaban J connectivity index is 1.88. The third-order valence-electron chi connectivity index (χ3n) is 4.19. The topological polar surface area (TPSA) is 38.8 Å². The van der Waals surface area contributed by atoms with E-state index in [-0.39, 0.29) is 11.3 Å². The highest BCUT2D eigenvalue weighted by Gasteiger charge is 2.33. The molecule has 0 aliphatic carbocycles. The number of amides is 1. The lowest BCUT2D eigenvalue weighted by atomic mass is 10.1. The summed E-state index contributed by atoms with van der Waals surface area (Å²) in [6.45, 7) is 0.501. The number of carbonyl (C=O) groups excluding carboxylic acids is 1. The molecule has 0 bridgehead atoms. The van der Waals surface area contributed by atoms with E-state index in [1.54, 1.807) is 37.7 Å². The number of carbonyl (C=O) groups is 1. The van der Waals surface area contributed by atoms with Gasteiger partial charge in [0.25, 0.3) is 0 Å². The summed E-state index contributed by atoms with van der Waals surface area (Å²) in [5, 5.41) is 0.0271. The van der Waals surface area contributed by atoms with Crippen molar-refractivity contribution in [2.24, 2.45) is 0 Å². The Morgan fingerprint density at radius 3 is 2.56 bits per heavy atom. The Labute approximate surface area is 156 Å². The number of ether oxygens (including phenoxy) is 2. The Kier molecular flexibility index (Phi) is 5.81. The van der Waals surface area contributed by atoms with Crippen molar-refractivity contribution in [2.75, 3.05) is 26.2 Å². The molecule has 6 heteroatoms. The second kappa shape index (κ2) is 8.06. The lowest BCUT2D eigenvalue weighted by Gasteiger charge is -2.25. The van der Waals surface area contributed by atoms with Crippen LogP contribution in [0.2, 0.25) is 0 Å². The number of rotatable bonds is 6. The Hall–Kier alpha value is -1.79. The van der Waals surface area contributed by atoms with Crippen molar-refractivity contribution < 1.29 is 14.3 Å². The molecule has 2 aromatic rings. The fourth-order valence-corrected chi connectivity index (χ4v) is 4.53. The van der Waals surface area contributed by atoms with Crippen molar-refractivity contribution in [2.45, 2.75) is 16.8 Å². The predicted molar refractivity (Wildman–Crippen MR) is 104 cm³/mol. The first kappa shape index (κ1) is 18.0. The second-order valence-corrected chi connectivity index (χ2v) is 7.56. The molecule has 1 atom stereocenters. The van der Waals surface area contributed by atoms with Gasteiger partial charge in [-0.15, -0.1) is 23.5 Å². The minimum absolute atomic E-state index is 0.0271. The van der Waals surface area contributed by atoms with E-state index in [4.69, 9.17) is 9.47 Å². The molecule has 2 aromatic carbocycles. The summed E-state index contributed by atoms with van der Waals surface area (Å²) in [5.41, 5.74) is 2.10. The number of para-hydroxylation sites is 1. The molecule has 25 heavy (non-hydrogen) atoms. The molecule has 132 valence electrons. The molecule has 0 radical (unpaired) electrons. The predicted octanol–water partition coefficient (Wildman–Crippen LogP) is 4.20. The lowest BCUT2D eigenvalue weighted by molar-refractivity contribution is -0.128. The number of methoxy groups -OCH3 is 2. The molecular formula is C19H21NO3S2. The first-order valence-electron chi connectivity index (χ1n) is 7.92. The van der Waals surface area contributed by atoms with Crippen molar-refractivity contribution >= 4 is 29.4 Å². The maximum absolute atomic E-state index is 12.5. The quantitative estimate of drug-likeness (QED) is 0.708. The number of benzene rings is 2. The van der Waals surface area contributed by atoms with Crippen LogP contribution in [0.15, 0.2) is 47.4 Å². The third-order valence-corrected chi connectivity index (χ3v) is 6.19. The summed E-state index contributed by atoms with van der Waals surface area (Å²) in [5.74, 6) is 2.02. The molecule has 0 spiro atoms. The largest absolute Gasteiger partial charge is 0.493 e. The molecule has 1 saturated heterocycles. The van der Waals surface area contributed by atoms with Crippen LogP contribution < -0.4 is 9.47 Å². The molecule has 1 heterocycles. The first-order chi connectivity index (χ1) is 12.2. The second-order valence-electron chi connectivity index (χ2n) is 5.61. The minimum atomic E-state index is 0.0271. The molecular weight excluding hydrogens is 354 g/mol. The van der Waals surface area contributed by atoms with E-state index in [9.17, 15) is 4.79 Å². The van der Waals surface area contributed by atoms with Gasteiger partial charge in [0.05, 0.1) is 26.5 Å². The monoisotopic (exact) mass is 375 g/mol. The van der Waals surface area contributed by atoms with Gasteiger partial charge in [-0.1, -0.05) is 24.3 Å². The molecule has 0 aromatic heterocycles. The molecule has 1 unspecified atom stereocenters. The summed E-state index contributed by atoms with van der Waals surface area (Å²) in [4.78, 5) is 15.6. The van der Waals surface area contributed by atoms with Gasteiger partial charge in [0.2, 0.25) is 5.91 Å². The Morgan fingerprint density at radius 2 is 1.92 bits per heavy atom. The molecule has 0 N–H and O–H groups in total. The van der Waals surface area contributed by atoms with Crippen molar-refractivity contribution in [1.29, 1.82) is 0 Å². The van der Waals surface area contributed by atoms with E-state index >= 15 is 0 Å². The number of nitrogens with zero attached hydrogens (tertiary/aromatic N) is 1. The molecule has 1 aliphatic rings. The molecule has 4 nitrogen and oxygen atoms in total.